The van der Waals surface area contributed by atoms with E-state index in [1.54, 1.807) is 0 Å². The first kappa shape index (κ1) is 14.3. The third kappa shape index (κ3) is 3.37. The third-order valence-electron chi connectivity index (χ3n) is 1.81. The van der Waals surface area contributed by atoms with Crippen molar-refractivity contribution in [2.24, 2.45) is 0 Å². The molecule has 2 N–H and O–H groups in total. The molecule has 0 radical (unpaired) electrons. The molecule has 16 heavy (non-hydrogen) atoms. The second-order valence-electron chi connectivity index (χ2n) is 3.03. The molecule has 1 aromatic carbocycles. The Balaban J connectivity index is 2.92. The SMILES string of the molecule is OC(CCl)CNc1c(Br)cc(Cl)c(F)c1Cl. The van der Waals surface area contributed by atoms with Crippen LogP contribution in [0.15, 0.2) is 10.5 Å². The number of hydrogen-bond acceptors (Lipinski definition) is 2. The lowest BCUT2D eigenvalue weighted by atomic mass is 10.3. The predicted octanol–water partition coefficient (Wildman–Crippen LogP) is 3.91. The van der Waals surface area contributed by atoms with Gasteiger partial charge in [0.1, 0.15) is 5.02 Å². The van der Waals surface area contributed by atoms with Crippen LogP contribution in [0, 0.1) is 5.82 Å². The first-order chi connectivity index (χ1) is 7.47. The van der Waals surface area contributed by atoms with E-state index in [-0.39, 0.29) is 22.5 Å². The average Bonchev–Trinajstić information content (AvgIpc) is 2.25. The molecular weight excluding hydrogens is 343 g/mol. The minimum Gasteiger partial charge on any atom is -0.390 e. The van der Waals surface area contributed by atoms with Gasteiger partial charge in [0.15, 0.2) is 5.82 Å². The van der Waals surface area contributed by atoms with E-state index in [9.17, 15) is 9.50 Å². The molecular formula is C9H8BrCl3FNO. The normalized spacial score (nSPS) is 12.6. The number of nitrogens with one attached hydrogen (secondary N) is 1. The summed E-state index contributed by atoms with van der Waals surface area (Å²) in [6.45, 7) is 0.170. The number of alkyl halides is 1. The van der Waals surface area contributed by atoms with Crippen LogP contribution in [0.2, 0.25) is 10.0 Å². The Morgan fingerprint density at radius 1 is 1.50 bits per heavy atom. The Hall–Kier alpha value is 0.260. The largest absolute Gasteiger partial charge is 0.390 e. The summed E-state index contributed by atoms with van der Waals surface area (Å²) in [7, 11) is 0. The Kier molecular flexibility index (Phi) is 5.61. The predicted molar refractivity (Wildman–Crippen MR) is 69.3 cm³/mol. The molecule has 0 saturated heterocycles. The van der Waals surface area contributed by atoms with Crippen molar-refractivity contribution in [2.45, 2.75) is 6.10 Å². The quantitative estimate of drug-likeness (QED) is 0.490. The maximum absolute atomic E-state index is 13.4. The molecule has 7 heteroatoms. The summed E-state index contributed by atoms with van der Waals surface area (Å²) in [6, 6.07) is 1.39. The Labute approximate surface area is 116 Å². The molecule has 1 atom stereocenters. The number of aliphatic hydroxyl groups excluding tert-OH is 1. The van der Waals surface area contributed by atoms with Crippen LogP contribution in [0.4, 0.5) is 10.1 Å². The van der Waals surface area contributed by atoms with Gasteiger partial charge >= 0.3 is 0 Å². The second kappa shape index (κ2) is 6.26. The van der Waals surface area contributed by atoms with E-state index in [1.165, 1.54) is 6.07 Å². The van der Waals surface area contributed by atoms with E-state index < -0.39 is 11.9 Å². The minimum absolute atomic E-state index is 0.0692. The van der Waals surface area contributed by atoms with Gasteiger partial charge in [-0.2, -0.15) is 0 Å². The van der Waals surface area contributed by atoms with Crippen LogP contribution in [0.1, 0.15) is 0 Å². The molecule has 1 unspecified atom stereocenters. The summed E-state index contributed by atoms with van der Waals surface area (Å²) in [5.74, 6) is -0.618. The molecule has 0 aliphatic carbocycles. The molecule has 0 saturated carbocycles. The smallest absolute Gasteiger partial charge is 0.162 e. The van der Waals surface area contributed by atoms with Crippen LogP contribution in [0.3, 0.4) is 0 Å². The van der Waals surface area contributed by atoms with Crippen LogP contribution in [0.5, 0.6) is 0 Å². The zero-order valence-electron chi connectivity index (χ0n) is 7.91. The topological polar surface area (TPSA) is 32.3 Å². The summed E-state index contributed by atoms with van der Waals surface area (Å²) in [6.07, 6.45) is -0.733. The first-order valence-corrected chi connectivity index (χ1v) is 6.36. The molecule has 1 aromatic rings. The van der Waals surface area contributed by atoms with E-state index in [2.05, 4.69) is 21.2 Å². The van der Waals surface area contributed by atoms with Crippen molar-refractivity contribution in [3.8, 4) is 0 Å². The molecule has 90 valence electrons. The van der Waals surface area contributed by atoms with E-state index in [4.69, 9.17) is 34.8 Å². The van der Waals surface area contributed by atoms with Crippen molar-refractivity contribution in [3.05, 3.63) is 26.4 Å². The fourth-order valence-corrected chi connectivity index (χ4v) is 2.45. The van der Waals surface area contributed by atoms with Crippen LogP contribution >= 0.6 is 50.7 Å². The molecule has 0 amide bonds. The summed E-state index contributed by atoms with van der Waals surface area (Å²) >= 11 is 20.0. The van der Waals surface area contributed by atoms with Crippen LogP contribution in [0.25, 0.3) is 0 Å². The lowest BCUT2D eigenvalue weighted by Crippen LogP contribution is -2.21. The van der Waals surface area contributed by atoms with E-state index in [0.29, 0.717) is 10.2 Å². The van der Waals surface area contributed by atoms with Gasteiger partial charge in [-0.05, 0) is 22.0 Å². The molecule has 0 spiro atoms. The first-order valence-electron chi connectivity index (χ1n) is 4.28. The summed E-state index contributed by atoms with van der Waals surface area (Å²) in [5, 5.41) is 11.8. The summed E-state index contributed by atoms with van der Waals surface area (Å²) in [4.78, 5) is 0. The molecule has 0 aliphatic heterocycles. The van der Waals surface area contributed by atoms with Crippen molar-refractivity contribution in [1.82, 2.24) is 0 Å². The van der Waals surface area contributed by atoms with Gasteiger partial charge in [-0.15, -0.1) is 11.6 Å². The lowest BCUT2D eigenvalue weighted by Gasteiger charge is -2.14. The average molecular weight is 351 g/mol. The highest BCUT2D eigenvalue weighted by Crippen LogP contribution is 2.36. The Morgan fingerprint density at radius 3 is 2.69 bits per heavy atom. The van der Waals surface area contributed by atoms with Crippen molar-refractivity contribution >= 4 is 56.4 Å². The fourth-order valence-electron chi connectivity index (χ4n) is 1.00. The standard InChI is InChI=1S/C9H8BrCl3FNO/c10-5-1-6(12)8(14)7(13)9(5)15-3-4(16)2-11/h1,4,15-16H,2-3H2. The van der Waals surface area contributed by atoms with Gasteiger partial charge in [0.25, 0.3) is 0 Å². The number of hydrogen-bond donors (Lipinski definition) is 2. The van der Waals surface area contributed by atoms with Crippen molar-refractivity contribution in [1.29, 1.82) is 0 Å². The van der Waals surface area contributed by atoms with Crippen molar-refractivity contribution < 1.29 is 9.50 Å². The molecule has 0 fully saturated rings. The number of anilines is 1. The van der Waals surface area contributed by atoms with Gasteiger partial charge in [0.2, 0.25) is 0 Å². The number of rotatable bonds is 4. The summed E-state index contributed by atoms with van der Waals surface area (Å²) in [5.41, 5.74) is 0.340. The Morgan fingerprint density at radius 2 is 2.12 bits per heavy atom. The highest BCUT2D eigenvalue weighted by atomic mass is 79.9. The molecule has 0 heterocycles. The van der Waals surface area contributed by atoms with Gasteiger partial charge in [-0.1, -0.05) is 23.2 Å². The van der Waals surface area contributed by atoms with Gasteiger partial charge in [-0.3, -0.25) is 0 Å². The van der Waals surface area contributed by atoms with Crippen LogP contribution in [-0.2, 0) is 0 Å². The molecule has 1 rings (SSSR count). The number of benzene rings is 1. The zero-order valence-corrected chi connectivity index (χ0v) is 11.8. The molecule has 2 nitrogen and oxygen atoms in total. The van der Waals surface area contributed by atoms with Crippen LogP contribution < -0.4 is 5.32 Å². The summed E-state index contributed by atoms with van der Waals surface area (Å²) < 4.78 is 13.9. The second-order valence-corrected chi connectivity index (χ2v) is 4.98. The van der Waals surface area contributed by atoms with Gasteiger partial charge in [0, 0.05) is 11.0 Å². The minimum atomic E-state index is -0.733. The highest BCUT2D eigenvalue weighted by molar-refractivity contribution is 9.10. The van der Waals surface area contributed by atoms with E-state index >= 15 is 0 Å². The maximum atomic E-state index is 13.4. The highest BCUT2D eigenvalue weighted by Gasteiger charge is 2.15. The van der Waals surface area contributed by atoms with Gasteiger partial charge in [0.05, 0.1) is 22.7 Å². The third-order valence-corrected chi connectivity index (χ3v) is 3.42. The Bertz CT molecular complexity index is 392. The zero-order chi connectivity index (χ0) is 12.3. The van der Waals surface area contributed by atoms with E-state index in [1.807, 2.05) is 0 Å². The fraction of sp³-hybridized carbons (Fsp3) is 0.333. The van der Waals surface area contributed by atoms with Crippen LogP contribution in [-0.4, -0.2) is 23.6 Å². The maximum Gasteiger partial charge on any atom is 0.162 e. The lowest BCUT2D eigenvalue weighted by molar-refractivity contribution is 0.211. The van der Waals surface area contributed by atoms with E-state index in [0.717, 1.165) is 0 Å². The van der Waals surface area contributed by atoms with Gasteiger partial charge in [-0.25, -0.2) is 4.39 Å². The molecule has 0 aliphatic rings. The number of aliphatic hydroxyl groups is 1. The molecule has 0 aromatic heterocycles. The molecule has 0 bridgehead atoms. The number of halogens is 5. The monoisotopic (exact) mass is 349 g/mol. The van der Waals surface area contributed by atoms with Crippen molar-refractivity contribution in [3.63, 3.8) is 0 Å². The van der Waals surface area contributed by atoms with Crippen molar-refractivity contribution in [2.75, 3.05) is 17.7 Å². The van der Waals surface area contributed by atoms with Gasteiger partial charge < -0.3 is 10.4 Å².